The number of piperazine rings is 1. The first-order valence-corrected chi connectivity index (χ1v) is 12.6. The van der Waals surface area contributed by atoms with E-state index in [2.05, 4.69) is 76.5 Å². The summed E-state index contributed by atoms with van der Waals surface area (Å²) in [5.41, 5.74) is 3.91. The summed E-state index contributed by atoms with van der Waals surface area (Å²) < 4.78 is 16.9. The van der Waals surface area contributed by atoms with Crippen LogP contribution in [0.2, 0.25) is 0 Å². The highest BCUT2D eigenvalue weighted by molar-refractivity contribution is 5.85. The SMILES string of the molecule is COc1cc(OC)c(OC)cc1CN1C[C@@H]2CCCN2[C@H](C(c2ccccc2)c2ccccc2)C1.Cl.Cl. The maximum Gasteiger partial charge on any atom is 0.164 e. The van der Waals surface area contributed by atoms with Crippen LogP contribution < -0.4 is 14.2 Å². The summed E-state index contributed by atoms with van der Waals surface area (Å²) in [6, 6.07) is 27.1. The molecule has 37 heavy (non-hydrogen) atoms. The van der Waals surface area contributed by atoms with Crippen molar-refractivity contribution in [1.29, 1.82) is 0 Å². The van der Waals surface area contributed by atoms with Crippen molar-refractivity contribution in [2.24, 2.45) is 0 Å². The molecule has 0 N–H and O–H groups in total. The molecule has 0 bridgehead atoms. The maximum atomic E-state index is 5.76. The minimum atomic E-state index is 0. The average Bonchev–Trinajstić information content (AvgIpc) is 3.39. The first kappa shape index (κ1) is 29.1. The van der Waals surface area contributed by atoms with Crippen LogP contribution in [-0.2, 0) is 6.54 Å². The maximum absolute atomic E-state index is 5.76. The van der Waals surface area contributed by atoms with Crippen LogP contribution in [0.4, 0.5) is 0 Å². The van der Waals surface area contributed by atoms with Crippen molar-refractivity contribution < 1.29 is 14.2 Å². The van der Waals surface area contributed by atoms with E-state index in [0.717, 1.165) is 36.7 Å². The van der Waals surface area contributed by atoms with Crippen molar-refractivity contribution in [2.75, 3.05) is 41.0 Å². The molecule has 3 aromatic carbocycles. The van der Waals surface area contributed by atoms with Crippen LogP contribution in [-0.4, -0.2) is 62.8 Å². The van der Waals surface area contributed by atoms with Crippen molar-refractivity contribution in [2.45, 2.75) is 37.4 Å². The molecule has 0 aromatic heterocycles. The molecule has 0 unspecified atom stereocenters. The Kier molecular flexibility index (Phi) is 10.5. The third-order valence-corrected chi connectivity index (χ3v) is 7.65. The van der Waals surface area contributed by atoms with Gasteiger partial charge in [-0.2, -0.15) is 0 Å². The molecule has 2 saturated heterocycles. The molecule has 0 amide bonds. The Labute approximate surface area is 233 Å². The molecule has 0 spiro atoms. The molecule has 5 rings (SSSR count). The Morgan fingerprint density at radius 1 is 0.757 bits per heavy atom. The molecule has 200 valence electrons. The minimum absolute atomic E-state index is 0. The van der Waals surface area contributed by atoms with E-state index in [9.17, 15) is 0 Å². The first-order chi connectivity index (χ1) is 17.2. The van der Waals surface area contributed by atoms with Gasteiger partial charge in [-0.3, -0.25) is 9.80 Å². The van der Waals surface area contributed by atoms with Gasteiger partial charge in [0.25, 0.3) is 0 Å². The molecular weight excluding hydrogens is 507 g/mol. The quantitative estimate of drug-likeness (QED) is 0.345. The van der Waals surface area contributed by atoms with Gasteiger partial charge in [-0.1, -0.05) is 60.7 Å². The molecule has 2 heterocycles. The fourth-order valence-corrected chi connectivity index (χ4v) is 6.07. The molecule has 5 nitrogen and oxygen atoms in total. The summed E-state index contributed by atoms with van der Waals surface area (Å²) in [5.74, 6) is 2.61. The number of fused-ring (bicyclic) bond motifs is 1. The highest BCUT2D eigenvalue weighted by atomic mass is 35.5. The molecule has 0 saturated carbocycles. The number of hydrogen-bond donors (Lipinski definition) is 0. The van der Waals surface area contributed by atoms with Gasteiger partial charge in [-0.05, 0) is 36.6 Å². The number of benzene rings is 3. The van der Waals surface area contributed by atoms with Crippen LogP contribution in [0.15, 0.2) is 72.8 Å². The molecule has 0 radical (unpaired) electrons. The number of ether oxygens (including phenoxy) is 3. The minimum Gasteiger partial charge on any atom is -0.496 e. The predicted molar refractivity (Wildman–Crippen MR) is 154 cm³/mol. The van der Waals surface area contributed by atoms with E-state index < -0.39 is 0 Å². The second-order valence-corrected chi connectivity index (χ2v) is 9.61. The van der Waals surface area contributed by atoms with E-state index in [1.807, 2.05) is 6.07 Å². The van der Waals surface area contributed by atoms with Gasteiger partial charge in [0.15, 0.2) is 11.5 Å². The van der Waals surface area contributed by atoms with Gasteiger partial charge in [0.1, 0.15) is 5.75 Å². The molecule has 2 atom stereocenters. The zero-order valence-electron chi connectivity index (χ0n) is 21.8. The second-order valence-electron chi connectivity index (χ2n) is 9.61. The average molecular weight is 546 g/mol. The highest BCUT2D eigenvalue weighted by Gasteiger charge is 2.41. The molecule has 2 aliphatic heterocycles. The number of methoxy groups -OCH3 is 3. The van der Waals surface area contributed by atoms with Crippen molar-refractivity contribution >= 4 is 24.8 Å². The van der Waals surface area contributed by atoms with Crippen LogP contribution in [0.3, 0.4) is 0 Å². The normalized spacial score (nSPS) is 19.5. The van der Waals surface area contributed by atoms with Crippen molar-refractivity contribution in [1.82, 2.24) is 9.80 Å². The van der Waals surface area contributed by atoms with Gasteiger partial charge < -0.3 is 14.2 Å². The molecule has 2 aliphatic rings. The summed E-state index contributed by atoms with van der Waals surface area (Å²) in [6.45, 7) is 4.08. The van der Waals surface area contributed by atoms with Gasteiger partial charge in [0, 0.05) is 49.3 Å². The Balaban J connectivity index is 0.00000190. The predicted octanol–water partition coefficient (Wildman–Crippen LogP) is 6.04. The number of rotatable bonds is 8. The Bertz CT molecular complexity index is 1080. The third-order valence-electron chi connectivity index (χ3n) is 7.65. The highest BCUT2D eigenvalue weighted by Crippen LogP contribution is 2.39. The zero-order chi connectivity index (χ0) is 24.2. The lowest BCUT2D eigenvalue weighted by Crippen LogP contribution is -2.57. The first-order valence-electron chi connectivity index (χ1n) is 12.6. The lowest BCUT2D eigenvalue weighted by Gasteiger charge is -2.47. The van der Waals surface area contributed by atoms with Gasteiger partial charge in [0.05, 0.1) is 21.3 Å². The lowest BCUT2D eigenvalue weighted by atomic mass is 9.82. The topological polar surface area (TPSA) is 34.2 Å². The van der Waals surface area contributed by atoms with Crippen LogP contribution in [0, 0.1) is 0 Å². The van der Waals surface area contributed by atoms with Crippen LogP contribution in [0.25, 0.3) is 0 Å². The third kappa shape index (κ3) is 6.18. The van der Waals surface area contributed by atoms with E-state index >= 15 is 0 Å². The van der Waals surface area contributed by atoms with E-state index in [4.69, 9.17) is 14.2 Å². The zero-order valence-corrected chi connectivity index (χ0v) is 23.5. The summed E-state index contributed by atoms with van der Waals surface area (Å²) in [5, 5.41) is 0. The second kappa shape index (κ2) is 13.4. The van der Waals surface area contributed by atoms with Gasteiger partial charge >= 0.3 is 0 Å². The van der Waals surface area contributed by atoms with Gasteiger partial charge in [0.2, 0.25) is 0 Å². The van der Waals surface area contributed by atoms with Crippen LogP contribution >= 0.6 is 24.8 Å². The molecular formula is C30H38Cl2N2O3. The monoisotopic (exact) mass is 544 g/mol. The number of hydrogen-bond acceptors (Lipinski definition) is 5. The van der Waals surface area contributed by atoms with Crippen LogP contribution in [0.1, 0.15) is 35.4 Å². The molecule has 3 aromatic rings. The Morgan fingerprint density at radius 3 is 1.89 bits per heavy atom. The largest absolute Gasteiger partial charge is 0.496 e. The Hall–Kier alpha value is -2.44. The fraction of sp³-hybridized carbons (Fsp3) is 0.400. The van der Waals surface area contributed by atoms with E-state index in [1.165, 1.54) is 30.5 Å². The summed E-state index contributed by atoms with van der Waals surface area (Å²) in [4.78, 5) is 5.40. The number of nitrogens with zero attached hydrogens (tertiary/aromatic N) is 2. The lowest BCUT2D eigenvalue weighted by molar-refractivity contribution is 0.0380. The smallest absolute Gasteiger partial charge is 0.164 e. The van der Waals surface area contributed by atoms with E-state index in [1.54, 1.807) is 21.3 Å². The van der Waals surface area contributed by atoms with Gasteiger partial charge in [-0.15, -0.1) is 24.8 Å². The van der Waals surface area contributed by atoms with Gasteiger partial charge in [-0.25, -0.2) is 0 Å². The molecule has 7 heteroatoms. The molecule has 2 fully saturated rings. The van der Waals surface area contributed by atoms with Crippen molar-refractivity contribution in [3.63, 3.8) is 0 Å². The fourth-order valence-electron chi connectivity index (χ4n) is 6.07. The van der Waals surface area contributed by atoms with Crippen molar-refractivity contribution in [3.05, 3.63) is 89.5 Å². The standard InChI is InChI=1S/C30H36N2O3.2ClH/c1-33-27-18-29(35-3)28(34-2)17-24(27)19-31-20-25-15-10-16-32(25)26(21-31)30(22-11-6-4-7-12-22)23-13-8-5-9-14-23;;/h4-9,11-14,17-18,25-26,30H,10,15-16,19-21H2,1-3H3;2*1H/t25-,26-;;/m0../s1. The number of halogens is 2. The summed E-state index contributed by atoms with van der Waals surface area (Å²) >= 11 is 0. The van der Waals surface area contributed by atoms with Crippen molar-refractivity contribution in [3.8, 4) is 17.2 Å². The van der Waals surface area contributed by atoms with E-state index in [-0.39, 0.29) is 24.8 Å². The Morgan fingerprint density at radius 2 is 1.32 bits per heavy atom. The molecule has 0 aliphatic carbocycles. The summed E-state index contributed by atoms with van der Waals surface area (Å²) in [7, 11) is 5.07. The summed E-state index contributed by atoms with van der Waals surface area (Å²) in [6.07, 6.45) is 2.53. The van der Waals surface area contributed by atoms with Crippen LogP contribution in [0.5, 0.6) is 17.2 Å². The van der Waals surface area contributed by atoms with E-state index in [0.29, 0.717) is 23.8 Å².